The van der Waals surface area contributed by atoms with E-state index in [0.717, 1.165) is 25.7 Å². The number of hydrogen-bond acceptors (Lipinski definition) is 0. The first kappa shape index (κ1) is 40.7. The van der Waals surface area contributed by atoms with Crippen molar-refractivity contribution in [3.05, 3.63) is 204 Å². The van der Waals surface area contributed by atoms with Crippen LogP contribution in [0, 0.1) is 0 Å². The van der Waals surface area contributed by atoms with Gasteiger partial charge in [-0.2, -0.15) is 0 Å². The van der Waals surface area contributed by atoms with Crippen molar-refractivity contribution >= 4 is 32.3 Å². The molecule has 0 heteroatoms. The van der Waals surface area contributed by atoms with Crippen molar-refractivity contribution in [1.82, 2.24) is 0 Å². The zero-order valence-electron chi connectivity index (χ0n) is 39.6. The van der Waals surface area contributed by atoms with E-state index in [1.165, 1.54) is 127 Å². The fourth-order valence-corrected chi connectivity index (χ4v) is 12.9. The maximum Gasteiger partial charge on any atom is 0.0210 e. The molecule has 0 amide bonds. The van der Waals surface area contributed by atoms with E-state index in [1.54, 1.807) is 0 Å². The Kier molecular flexibility index (Phi) is 9.18. The largest absolute Gasteiger partial charge is 0.0642 e. The Labute approximate surface area is 391 Å². The summed E-state index contributed by atoms with van der Waals surface area (Å²) in [6.45, 7) is 16.4. The van der Waals surface area contributed by atoms with Crippen LogP contribution in [-0.2, 0) is 16.2 Å². The highest BCUT2D eigenvalue weighted by Crippen LogP contribution is 2.55. The molecule has 2 aliphatic carbocycles. The van der Waals surface area contributed by atoms with Crippen LogP contribution < -0.4 is 0 Å². The maximum absolute atomic E-state index is 2.51. The number of benzene rings is 10. The van der Waals surface area contributed by atoms with E-state index in [1.807, 2.05) is 0 Å². The number of fused-ring (bicyclic) bond motifs is 6. The van der Waals surface area contributed by atoms with Crippen LogP contribution in [-0.4, -0.2) is 0 Å². The van der Waals surface area contributed by atoms with Crippen LogP contribution in [0.25, 0.3) is 99.1 Å². The van der Waals surface area contributed by atoms with E-state index in [-0.39, 0.29) is 16.2 Å². The Bertz CT molecular complexity index is 3340. The van der Waals surface area contributed by atoms with Gasteiger partial charge in [0.05, 0.1) is 0 Å². The molecule has 2 aliphatic rings. The number of rotatable bonds is 8. The molecule has 322 valence electrons. The van der Waals surface area contributed by atoms with Gasteiger partial charge >= 0.3 is 0 Å². The van der Waals surface area contributed by atoms with Crippen molar-refractivity contribution in [3.63, 3.8) is 0 Å². The predicted octanol–water partition coefficient (Wildman–Crippen LogP) is 18.7. The molecule has 0 unspecified atom stereocenters. The Morgan fingerprint density at radius 2 is 0.727 bits per heavy atom. The smallest absolute Gasteiger partial charge is 0.0210 e. The molecular weight excluding hydrogens is 793 g/mol. The summed E-state index contributed by atoms with van der Waals surface area (Å²) in [6.07, 6.45) is 4.33. The average molecular weight is 851 g/mol. The van der Waals surface area contributed by atoms with Gasteiger partial charge in [0.1, 0.15) is 0 Å². The number of hydrogen-bond donors (Lipinski definition) is 0. The summed E-state index contributed by atoms with van der Waals surface area (Å²) in [4.78, 5) is 0. The molecule has 0 spiro atoms. The molecule has 0 aliphatic heterocycles. The topological polar surface area (TPSA) is 0 Å². The Morgan fingerprint density at radius 3 is 1.17 bits per heavy atom. The van der Waals surface area contributed by atoms with E-state index in [4.69, 9.17) is 0 Å². The molecule has 10 aromatic rings. The molecule has 0 bridgehead atoms. The van der Waals surface area contributed by atoms with Crippen LogP contribution >= 0.6 is 0 Å². The standard InChI is InChI=1S/C66H58/c1-8-65(9-2)58-24-14-12-22-50(58)52-30-26-43(38-60(52)65)41-18-16-20-45(34-41)56-40-57(55-33-29-48-37-49(64(5,6)7)36-47-28-32-54(56)63(55)62(47)48)46-21-17-19-42(35-46)44-27-31-53-51-23-13-15-25-59(51)66(10-3,11-4)61(53)39-44/h12-40H,8-11H2,1-7H3. The highest BCUT2D eigenvalue weighted by molar-refractivity contribution is 6.28. The quantitative estimate of drug-likeness (QED) is 0.134. The summed E-state index contributed by atoms with van der Waals surface area (Å²) in [5.41, 5.74) is 23.1. The fraction of sp³-hybridized carbons (Fsp3) is 0.212. The lowest BCUT2D eigenvalue weighted by Crippen LogP contribution is -2.23. The van der Waals surface area contributed by atoms with E-state index in [9.17, 15) is 0 Å². The first-order valence-electron chi connectivity index (χ1n) is 24.6. The summed E-state index contributed by atoms with van der Waals surface area (Å²) in [5.74, 6) is 0. The summed E-state index contributed by atoms with van der Waals surface area (Å²) in [6, 6.07) is 68.3. The van der Waals surface area contributed by atoms with Gasteiger partial charge in [-0.15, -0.1) is 0 Å². The Balaban J connectivity index is 1.04. The van der Waals surface area contributed by atoms with Gasteiger partial charge in [0.25, 0.3) is 0 Å². The van der Waals surface area contributed by atoms with Gasteiger partial charge < -0.3 is 0 Å². The molecule has 66 heavy (non-hydrogen) atoms. The SMILES string of the molecule is CCC1(CC)c2ccccc2-c2ccc(-c3cccc(-c4cc(-c5cccc(-c6ccc7c(c6)C(CC)(CC)c6ccccc6-7)c5)c5ccc6cc(C(C)(C)C)cc7ccc4c5c76)c3)cc21. The van der Waals surface area contributed by atoms with Gasteiger partial charge in [0.15, 0.2) is 0 Å². The van der Waals surface area contributed by atoms with Crippen molar-refractivity contribution in [3.8, 4) is 66.8 Å². The summed E-state index contributed by atoms with van der Waals surface area (Å²) in [7, 11) is 0. The second kappa shape index (κ2) is 14.9. The maximum atomic E-state index is 2.51. The van der Waals surface area contributed by atoms with Crippen LogP contribution in [0.2, 0.25) is 0 Å². The second-order valence-corrected chi connectivity index (χ2v) is 20.5. The van der Waals surface area contributed by atoms with Crippen molar-refractivity contribution in [2.24, 2.45) is 0 Å². The summed E-state index contributed by atoms with van der Waals surface area (Å²) >= 11 is 0. The minimum atomic E-state index is 0.0296. The van der Waals surface area contributed by atoms with Crippen molar-refractivity contribution in [2.45, 2.75) is 90.4 Å². The molecule has 0 aromatic heterocycles. The van der Waals surface area contributed by atoms with Crippen LogP contribution in [0.15, 0.2) is 176 Å². The molecule has 12 rings (SSSR count). The third-order valence-corrected chi connectivity index (χ3v) is 16.5. The molecule has 10 aromatic carbocycles. The average Bonchev–Trinajstić information content (AvgIpc) is 3.81. The van der Waals surface area contributed by atoms with E-state index < -0.39 is 0 Å². The molecule has 0 saturated carbocycles. The van der Waals surface area contributed by atoms with Gasteiger partial charge in [-0.1, -0.05) is 194 Å². The van der Waals surface area contributed by atoms with Crippen molar-refractivity contribution in [2.75, 3.05) is 0 Å². The minimum absolute atomic E-state index is 0.0296. The molecule has 0 radical (unpaired) electrons. The first-order chi connectivity index (χ1) is 32.1. The molecule has 0 heterocycles. The third-order valence-electron chi connectivity index (χ3n) is 16.5. The zero-order valence-corrected chi connectivity index (χ0v) is 39.6. The molecule has 0 nitrogen and oxygen atoms in total. The Hall–Kier alpha value is -6.76. The van der Waals surface area contributed by atoms with Gasteiger partial charge in [0, 0.05) is 10.8 Å². The molecule has 0 saturated heterocycles. The third kappa shape index (κ3) is 5.76. The lowest BCUT2D eigenvalue weighted by molar-refractivity contribution is 0.490. The van der Waals surface area contributed by atoms with Crippen LogP contribution in [0.1, 0.15) is 102 Å². The Morgan fingerprint density at radius 1 is 0.318 bits per heavy atom. The van der Waals surface area contributed by atoms with Gasteiger partial charge in [-0.05, 0) is 188 Å². The molecule has 0 N–H and O–H groups in total. The summed E-state index contributed by atoms with van der Waals surface area (Å²) < 4.78 is 0. The van der Waals surface area contributed by atoms with Gasteiger partial charge in [-0.3, -0.25) is 0 Å². The van der Waals surface area contributed by atoms with Crippen molar-refractivity contribution in [1.29, 1.82) is 0 Å². The highest BCUT2D eigenvalue weighted by Gasteiger charge is 2.41. The fourth-order valence-electron chi connectivity index (χ4n) is 12.9. The minimum Gasteiger partial charge on any atom is -0.0642 e. The monoisotopic (exact) mass is 850 g/mol. The first-order valence-corrected chi connectivity index (χ1v) is 24.6. The molecule has 0 atom stereocenters. The van der Waals surface area contributed by atoms with Crippen LogP contribution in [0.4, 0.5) is 0 Å². The van der Waals surface area contributed by atoms with Crippen molar-refractivity contribution < 1.29 is 0 Å². The highest BCUT2D eigenvalue weighted by atomic mass is 14.4. The van der Waals surface area contributed by atoms with Crippen LogP contribution in [0.5, 0.6) is 0 Å². The van der Waals surface area contributed by atoms with Gasteiger partial charge in [0.2, 0.25) is 0 Å². The van der Waals surface area contributed by atoms with Gasteiger partial charge in [-0.25, -0.2) is 0 Å². The lowest BCUT2D eigenvalue weighted by Gasteiger charge is -2.30. The predicted molar refractivity (Wildman–Crippen MR) is 284 cm³/mol. The molecule has 0 fully saturated rings. The zero-order chi connectivity index (χ0) is 45.1. The van der Waals surface area contributed by atoms with E-state index in [0.29, 0.717) is 0 Å². The molecular formula is C66H58. The lowest BCUT2D eigenvalue weighted by atomic mass is 9.73. The van der Waals surface area contributed by atoms with E-state index in [2.05, 4.69) is 224 Å². The summed E-state index contributed by atoms with van der Waals surface area (Å²) in [5, 5.41) is 7.94. The van der Waals surface area contributed by atoms with E-state index >= 15 is 0 Å². The second-order valence-electron chi connectivity index (χ2n) is 20.5. The van der Waals surface area contributed by atoms with Crippen LogP contribution in [0.3, 0.4) is 0 Å². The normalized spacial score (nSPS) is 14.5.